The van der Waals surface area contributed by atoms with Gasteiger partial charge in [-0.15, -0.1) is 0 Å². The third kappa shape index (κ3) is 22.9. The second-order valence-corrected chi connectivity index (χ2v) is 12.4. The van der Waals surface area contributed by atoms with E-state index in [0.29, 0.717) is 38.6 Å². The Morgan fingerprint density at radius 2 is 1.33 bits per heavy atom. The van der Waals surface area contributed by atoms with Crippen LogP contribution < -0.4 is 20.7 Å². The van der Waals surface area contributed by atoms with Gasteiger partial charge in [0.15, 0.2) is 6.10 Å². The van der Waals surface area contributed by atoms with Gasteiger partial charge in [0, 0.05) is 77.9 Å². The maximum atomic E-state index is 12.8. The van der Waals surface area contributed by atoms with Crippen molar-refractivity contribution >= 4 is 47.2 Å². The number of aliphatic hydroxyl groups is 2. The molecule has 6 N–H and O–H groups in total. The second-order valence-electron chi connectivity index (χ2n) is 12.4. The van der Waals surface area contributed by atoms with Crippen LogP contribution in [0.1, 0.15) is 58.4 Å². The van der Waals surface area contributed by atoms with Crippen LogP contribution in [0.3, 0.4) is 0 Å². The molecule has 338 valence electrons. The number of nitrogens with zero attached hydrogens (tertiary/aromatic N) is 1. The Hall–Kier alpha value is -5.03. The van der Waals surface area contributed by atoms with E-state index in [1.165, 1.54) is 31.2 Å². The molecule has 1 fully saturated rings. The minimum absolute atomic E-state index is 0.00672. The number of carbonyl (C=O) groups excluding carboxylic acids is 6. The van der Waals surface area contributed by atoms with Crippen molar-refractivity contribution in [3.05, 3.63) is 35.9 Å². The number of esters is 1. The summed E-state index contributed by atoms with van der Waals surface area (Å²) in [7, 11) is 1.00. The molecule has 21 heteroatoms. The van der Waals surface area contributed by atoms with Crippen LogP contribution in [0.25, 0.3) is 0 Å². The lowest BCUT2D eigenvalue weighted by Crippen LogP contribution is -2.42. The molecule has 1 aromatic rings. The van der Waals surface area contributed by atoms with Gasteiger partial charge in [-0.05, 0) is 17.7 Å². The summed E-state index contributed by atoms with van der Waals surface area (Å²) in [6.45, 7) is 7.79. The molecule has 0 aromatic heterocycles. The zero-order valence-corrected chi connectivity index (χ0v) is 34.6. The second kappa shape index (κ2) is 31.8. The summed E-state index contributed by atoms with van der Waals surface area (Å²) in [5.41, 5.74) is 0.728. The lowest BCUT2D eigenvalue weighted by molar-refractivity contribution is -0.195. The molecule has 0 saturated carbocycles. The van der Waals surface area contributed by atoms with Gasteiger partial charge in [-0.1, -0.05) is 19.9 Å². The lowest BCUT2D eigenvalue weighted by atomic mass is 10.1. The first kappa shape index (κ1) is 53.0. The number of carboxylic acid groups (broad SMARTS) is 1. The van der Waals surface area contributed by atoms with Crippen LogP contribution in [-0.2, 0) is 68.6 Å². The van der Waals surface area contributed by atoms with Gasteiger partial charge in [-0.2, -0.15) is 0 Å². The molecule has 21 nitrogen and oxygen atoms in total. The SMILES string of the molecule is CC.CC(=O)OCc1ccc(OC2CC(O)CC(C(=O)O)O2)c(NC(=O)CCNC(=O)CCOCCOCCOCCOCCNC(=O)CCN2C(=O)C=CC2=O)c1.CO. The molecule has 0 bridgehead atoms. The van der Waals surface area contributed by atoms with Crippen molar-refractivity contribution in [2.45, 2.75) is 78.0 Å². The third-order valence-electron chi connectivity index (χ3n) is 7.86. The molecule has 2 aliphatic heterocycles. The van der Waals surface area contributed by atoms with Gasteiger partial charge in [0.05, 0.1) is 64.6 Å². The van der Waals surface area contributed by atoms with Crippen molar-refractivity contribution < 1.29 is 82.0 Å². The number of nitrogens with one attached hydrogen (secondary N) is 3. The van der Waals surface area contributed by atoms with Crippen LogP contribution in [0.5, 0.6) is 5.75 Å². The Bertz CT molecular complexity index is 1510. The number of carbonyl (C=O) groups is 7. The summed E-state index contributed by atoms with van der Waals surface area (Å²) in [6.07, 6.45) is -1.09. The average molecular weight is 857 g/mol. The predicted octanol–water partition coefficient (Wildman–Crippen LogP) is 0.0464. The summed E-state index contributed by atoms with van der Waals surface area (Å²) < 4.78 is 37.9. The highest BCUT2D eigenvalue weighted by molar-refractivity contribution is 6.13. The van der Waals surface area contributed by atoms with Gasteiger partial charge < -0.3 is 64.4 Å². The molecule has 5 amide bonds. The summed E-state index contributed by atoms with van der Waals surface area (Å²) in [6, 6.07) is 4.61. The predicted molar refractivity (Wildman–Crippen MR) is 211 cm³/mol. The van der Waals surface area contributed by atoms with Gasteiger partial charge in [-0.25, -0.2) is 4.79 Å². The zero-order chi connectivity index (χ0) is 44.7. The Labute approximate surface area is 349 Å². The fraction of sp³-hybridized carbons (Fsp3) is 0.615. The first-order valence-electron chi connectivity index (χ1n) is 19.5. The highest BCUT2D eigenvalue weighted by Gasteiger charge is 2.34. The monoisotopic (exact) mass is 856 g/mol. The molecule has 0 aliphatic carbocycles. The van der Waals surface area contributed by atoms with E-state index in [1.807, 2.05) is 13.8 Å². The van der Waals surface area contributed by atoms with Crippen LogP contribution in [-0.4, -0.2) is 160 Å². The van der Waals surface area contributed by atoms with E-state index in [0.717, 1.165) is 12.0 Å². The average Bonchev–Trinajstić information content (AvgIpc) is 3.55. The molecule has 1 aromatic carbocycles. The molecular formula is C39H60N4O17. The van der Waals surface area contributed by atoms with Crippen LogP contribution in [0, 0.1) is 0 Å². The first-order valence-corrected chi connectivity index (χ1v) is 19.5. The normalized spacial score (nSPS) is 16.8. The largest absolute Gasteiger partial charge is 0.479 e. The summed E-state index contributed by atoms with van der Waals surface area (Å²) in [5.74, 6) is -3.54. The van der Waals surface area contributed by atoms with E-state index in [2.05, 4.69) is 16.0 Å². The third-order valence-corrected chi connectivity index (χ3v) is 7.86. The minimum atomic E-state index is -1.26. The highest BCUT2D eigenvalue weighted by Crippen LogP contribution is 2.31. The Morgan fingerprint density at radius 3 is 1.93 bits per heavy atom. The molecule has 3 unspecified atom stereocenters. The van der Waals surface area contributed by atoms with Gasteiger partial charge in [-0.3, -0.25) is 33.7 Å². The van der Waals surface area contributed by atoms with Crippen LogP contribution >= 0.6 is 0 Å². The van der Waals surface area contributed by atoms with E-state index < -0.39 is 48.2 Å². The highest BCUT2D eigenvalue weighted by atomic mass is 16.7. The van der Waals surface area contributed by atoms with E-state index >= 15 is 0 Å². The smallest absolute Gasteiger partial charge is 0.333 e. The number of aliphatic carboxylic acids is 1. The number of carboxylic acids is 1. The van der Waals surface area contributed by atoms with Crippen molar-refractivity contribution in [2.75, 3.05) is 84.9 Å². The topological polar surface area (TPSA) is 284 Å². The maximum Gasteiger partial charge on any atom is 0.333 e. The van der Waals surface area contributed by atoms with Crippen LogP contribution in [0.4, 0.5) is 5.69 Å². The first-order chi connectivity index (χ1) is 28.9. The molecule has 2 heterocycles. The van der Waals surface area contributed by atoms with E-state index in [-0.39, 0.29) is 101 Å². The number of imide groups is 1. The maximum absolute atomic E-state index is 12.8. The minimum Gasteiger partial charge on any atom is -0.479 e. The molecule has 2 aliphatic rings. The number of aliphatic hydroxyl groups excluding tert-OH is 2. The molecule has 0 radical (unpaired) electrons. The summed E-state index contributed by atoms with van der Waals surface area (Å²) >= 11 is 0. The van der Waals surface area contributed by atoms with Gasteiger partial charge >= 0.3 is 11.9 Å². The van der Waals surface area contributed by atoms with Crippen molar-refractivity contribution in [1.29, 1.82) is 0 Å². The number of ether oxygens (including phenoxy) is 7. The van der Waals surface area contributed by atoms with E-state index in [4.69, 9.17) is 38.3 Å². The van der Waals surface area contributed by atoms with Crippen molar-refractivity contribution in [3.8, 4) is 5.75 Å². The van der Waals surface area contributed by atoms with Crippen LogP contribution in [0.2, 0.25) is 0 Å². The van der Waals surface area contributed by atoms with E-state index in [9.17, 15) is 43.8 Å². The molecule has 1 saturated heterocycles. The van der Waals surface area contributed by atoms with E-state index in [1.54, 1.807) is 6.07 Å². The Morgan fingerprint density at radius 1 is 0.767 bits per heavy atom. The molecule has 0 spiro atoms. The van der Waals surface area contributed by atoms with Crippen molar-refractivity contribution in [1.82, 2.24) is 15.5 Å². The van der Waals surface area contributed by atoms with Crippen molar-refractivity contribution in [3.63, 3.8) is 0 Å². The Balaban J connectivity index is 0.00000436. The number of hydrogen-bond acceptors (Lipinski definition) is 16. The van der Waals surface area contributed by atoms with Crippen LogP contribution in [0.15, 0.2) is 30.4 Å². The summed E-state index contributed by atoms with van der Waals surface area (Å²) in [4.78, 5) is 83.4. The fourth-order valence-corrected chi connectivity index (χ4v) is 5.05. The quantitative estimate of drug-likeness (QED) is 0.0387. The molecular weight excluding hydrogens is 796 g/mol. The van der Waals surface area contributed by atoms with Gasteiger partial charge in [0.1, 0.15) is 12.4 Å². The Kier molecular flexibility index (Phi) is 28.1. The van der Waals surface area contributed by atoms with Crippen molar-refractivity contribution in [2.24, 2.45) is 0 Å². The van der Waals surface area contributed by atoms with Gasteiger partial charge in [0.25, 0.3) is 11.8 Å². The zero-order valence-electron chi connectivity index (χ0n) is 34.6. The number of amides is 5. The lowest BCUT2D eigenvalue weighted by Gasteiger charge is -2.31. The molecule has 3 atom stereocenters. The molecule has 3 rings (SSSR count). The fourth-order valence-electron chi connectivity index (χ4n) is 5.05. The standard InChI is InChI=1S/C36H50N4O16.C2H6.CH4O/c1-24(41)54-23-25-2-3-28(55-35-22-26(42)21-29(56-35)36(48)49)27(20-25)39-32(45)6-9-37-31(44)8-12-50-14-16-52-18-19-53-17-15-51-13-10-38-30(43)7-11-40-33(46)4-5-34(40)47;2*1-2/h2-5,20,26,29,35,42H,6-19,21-23H2,1H3,(H,37,44)(H,38,43)(H,39,45)(H,48,49);1-2H3;2H,1H3. The number of hydrogen-bond donors (Lipinski definition) is 6. The number of rotatable bonds is 27. The van der Waals surface area contributed by atoms with Gasteiger partial charge in [0.2, 0.25) is 24.0 Å². The number of anilines is 1. The summed E-state index contributed by atoms with van der Waals surface area (Å²) in [5, 5.41) is 34.4. The number of benzene rings is 1. The molecule has 60 heavy (non-hydrogen) atoms.